The van der Waals surface area contributed by atoms with Gasteiger partial charge in [0.1, 0.15) is 0 Å². The molecule has 0 bridgehead atoms. The van der Waals surface area contributed by atoms with Gasteiger partial charge in [0.25, 0.3) is 0 Å². The molecular weight excluding hydrogens is 342 g/mol. The lowest BCUT2D eigenvalue weighted by Gasteiger charge is -2.16. The monoisotopic (exact) mass is 365 g/mol. The molecule has 1 N–H and O–H groups in total. The second-order valence-electron chi connectivity index (χ2n) is 7.00. The lowest BCUT2D eigenvalue weighted by atomic mass is 9.90. The molecule has 0 fully saturated rings. The smallest absolute Gasteiger partial charge is 0.188 e. The largest absolute Gasteiger partial charge is 0.315 e. The summed E-state index contributed by atoms with van der Waals surface area (Å²) in [7, 11) is 4.08. The zero-order valence-electron chi connectivity index (χ0n) is 15.2. The minimum absolute atomic E-state index is 0.720. The highest BCUT2D eigenvalue weighted by molar-refractivity contribution is 7.13. The average Bonchev–Trinajstić information content (AvgIpc) is 3.08. The maximum atomic E-state index is 4.57. The highest BCUT2D eigenvalue weighted by Crippen LogP contribution is 2.27. The van der Waals surface area contributed by atoms with Gasteiger partial charge in [-0.25, -0.2) is 4.98 Å². The summed E-state index contributed by atoms with van der Waals surface area (Å²) in [5, 5.41) is 14.9. The lowest BCUT2D eigenvalue weighted by Crippen LogP contribution is -2.10. The topological polar surface area (TPSA) is 53.9 Å². The van der Waals surface area contributed by atoms with Crippen LogP contribution in [0.5, 0.6) is 0 Å². The molecule has 26 heavy (non-hydrogen) atoms. The summed E-state index contributed by atoms with van der Waals surface area (Å²) in [5.41, 5.74) is 6.07. The summed E-state index contributed by atoms with van der Waals surface area (Å²) in [4.78, 5) is 6.68. The van der Waals surface area contributed by atoms with Gasteiger partial charge in [0.15, 0.2) is 10.9 Å². The molecule has 0 aliphatic heterocycles. The molecule has 1 aliphatic carbocycles. The van der Waals surface area contributed by atoms with Gasteiger partial charge in [-0.1, -0.05) is 12.1 Å². The van der Waals surface area contributed by atoms with Gasteiger partial charge in [0.2, 0.25) is 0 Å². The Kier molecular flexibility index (Phi) is 4.95. The first-order chi connectivity index (χ1) is 12.7. The van der Waals surface area contributed by atoms with Crippen molar-refractivity contribution in [2.45, 2.75) is 32.2 Å². The fourth-order valence-corrected chi connectivity index (χ4v) is 4.02. The molecule has 5 nitrogen and oxygen atoms in total. The first-order valence-electron chi connectivity index (χ1n) is 8.99. The molecule has 2 aromatic heterocycles. The Morgan fingerprint density at radius 1 is 1.04 bits per heavy atom. The number of aryl methyl sites for hydroxylation is 2. The van der Waals surface area contributed by atoms with E-state index in [1.165, 1.54) is 36.8 Å². The van der Waals surface area contributed by atoms with Gasteiger partial charge in [0, 0.05) is 17.5 Å². The Morgan fingerprint density at radius 2 is 1.88 bits per heavy atom. The third kappa shape index (κ3) is 3.92. The van der Waals surface area contributed by atoms with Gasteiger partial charge in [-0.3, -0.25) is 0 Å². The van der Waals surface area contributed by atoms with Gasteiger partial charge in [0.05, 0.1) is 11.4 Å². The molecule has 0 saturated heterocycles. The van der Waals surface area contributed by atoms with Crippen LogP contribution in [0.4, 0.5) is 10.9 Å². The molecule has 3 aromatic rings. The second-order valence-corrected chi connectivity index (χ2v) is 7.86. The SMILES string of the molecule is CN(C)Cc1csc(Nc2ccc(-c3ccc4c(c3)CCCC4)nn2)n1. The van der Waals surface area contributed by atoms with Crippen molar-refractivity contribution in [2.75, 3.05) is 19.4 Å². The summed E-state index contributed by atoms with van der Waals surface area (Å²) < 4.78 is 0. The second kappa shape index (κ2) is 7.51. The molecule has 2 heterocycles. The van der Waals surface area contributed by atoms with E-state index in [4.69, 9.17) is 0 Å². The van der Waals surface area contributed by atoms with Crippen molar-refractivity contribution in [3.63, 3.8) is 0 Å². The molecule has 134 valence electrons. The first kappa shape index (κ1) is 17.1. The van der Waals surface area contributed by atoms with Crippen molar-refractivity contribution in [1.29, 1.82) is 0 Å². The predicted molar refractivity (Wildman–Crippen MR) is 107 cm³/mol. The molecule has 0 saturated carbocycles. The average molecular weight is 366 g/mol. The van der Waals surface area contributed by atoms with Gasteiger partial charge in [-0.15, -0.1) is 21.5 Å². The van der Waals surface area contributed by atoms with Crippen LogP contribution in [-0.2, 0) is 19.4 Å². The van der Waals surface area contributed by atoms with E-state index in [1.807, 2.05) is 26.2 Å². The van der Waals surface area contributed by atoms with Crippen molar-refractivity contribution < 1.29 is 0 Å². The van der Waals surface area contributed by atoms with Crippen molar-refractivity contribution >= 4 is 22.3 Å². The van der Waals surface area contributed by atoms with E-state index in [9.17, 15) is 0 Å². The number of nitrogens with one attached hydrogen (secondary N) is 1. The molecule has 0 amide bonds. The Hall–Kier alpha value is -2.31. The number of thiazole rings is 1. The molecule has 0 radical (unpaired) electrons. The number of nitrogens with zero attached hydrogens (tertiary/aromatic N) is 4. The Bertz CT molecular complexity index is 885. The molecule has 0 atom stereocenters. The van der Waals surface area contributed by atoms with E-state index in [0.717, 1.165) is 34.4 Å². The number of fused-ring (bicyclic) bond motifs is 1. The van der Waals surface area contributed by atoms with Crippen LogP contribution < -0.4 is 5.32 Å². The first-order valence-corrected chi connectivity index (χ1v) is 9.87. The minimum atomic E-state index is 0.720. The van der Waals surface area contributed by atoms with Crippen LogP contribution in [0.2, 0.25) is 0 Å². The fraction of sp³-hybridized carbons (Fsp3) is 0.350. The van der Waals surface area contributed by atoms with E-state index in [2.05, 4.69) is 49.0 Å². The maximum absolute atomic E-state index is 4.57. The van der Waals surface area contributed by atoms with Gasteiger partial charge in [-0.2, -0.15) is 0 Å². The van der Waals surface area contributed by atoms with Crippen LogP contribution in [0.25, 0.3) is 11.3 Å². The van der Waals surface area contributed by atoms with Crippen molar-refractivity contribution in [3.8, 4) is 11.3 Å². The summed E-state index contributed by atoms with van der Waals surface area (Å²) >= 11 is 1.59. The number of rotatable bonds is 5. The highest BCUT2D eigenvalue weighted by atomic mass is 32.1. The summed E-state index contributed by atoms with van der Waals surface area (Å²) in [5.74, 6) is 0.720. The third-order valence-corrected chi connectivity index (χ3v) is 5.38. The predicted octanol–water partition coefficient (Wildman–Crippen LogP) is 4.28. The summed E-state index contributed by atoms with van der Waals surface area (Å²) in [6.45, 7) is 0.834. The van der Waals surface area contributed by atoms with E-state index in [-0.39, 0.29) is 0 Å². The summed E-state index contributed by atoms with van der Waals surface area (Å²) in [6.07, 6.45) is 4.97. The Morgan fingerprint density at radius 3 is 2.65 bits per heavy atom. The number of aromatic nitrogens is 3. The van der Waals surface area contributed by atoms with E-state index in [0.29, 0.717) is 0 Å². The van der Waals surface area contributed by atoms with Gasteiger partial charge < -0.3 is 10.2 Å². The standard InChI is InChI=1S/C20H23N5S/c1-25(2)12-17-13-26-20(21-17)22-19-10-9-18(23-24-19)16-8-7-14-5-3-4-6-15(14)11-16/h7-11,13H,3-6,12H2,1-2H3,(H,21,22,24). The van der Waals surface area contributed by atoms with Crippen LogP contribution in [0.3, 0.4) is 0 Å². The maximum Gasteiger partial charge on any atom is 0.188 e. The number of hydrogen-bond donors (Lipinski definition) is 1. The highest BCUT2D eigenvalue weighted by Gasteiger charge is 2.11. The van der Waals surface area contributed by atoms with Crippen molar-refractivity contribution in [3.05, 3.63) is 52.5 Å². The molecule has 1 aromatic carbocycles. The Balaban J connectivity index is 1.47. The molecule has 4 rings (SSSR count). The molecule has 0 unspecified atom stereocenters. The number of benzene rings is 1. The quantitative estimate of drug-likeness (QED) is 0.731. The molecule has 0 spiro atoms. The Labute approximate surface area is 158 Å². The third-order valence-electron chi connectivity index (χ3n) is 4.57. The molecule has 1 aliphatic rings. The van der Waals surface area contributed by atoms with Crippen molar-refractivity contribution in [1.82, 2.24) is 20.1 Å². The lowest BCUT2D eigenvalue weighted by molar-refractivity contribution is 0.398. The zero-order valence-corrected chi connectivity index (χ0v) is 16.0. The van der Waals surface area contributed by atoms with Crippen LogP contribution in [0.15, 0.2) is 35.7 Å². The normalized spacial score (nSPS) is 13.7. The van der Waals surface area contributed by atoms with Gasteiger partial charge in [-0.05, 0) is 69.1 Å². The van der Waals surface area contributed by atoms with Gasteiger partial charge >= 0.3 is 0 Å². The van der Waals surface area contributed by atoms with Crippen LogP contribution in [0.1, 0.15) is 29.7 Å². The molecular formula is C20H23N5S. The molecule has 6 heteroatoms. The van der Waals surface area contributed by atoms with Crippen molar-refractivity contribution in [2.24, 2.45) is 0 Å². The summed E-state index contributed by atoms with van der Waals surface area (Å²) in [6, 6.07) is 10.7. The zero-order chi connectivity index (χ0) is 17.9. The van der Waals surface area contributed by atoms with Crippen LogP contribution in [0, 0.1) is 0 Å². The van der Waals surface area contributed by atoms with E-state index < -0.39 is 0 Å². The van der Waals surface area contributed by atoms with Crippen LogP contribution >= 0.6 is 11.3 Å². The minimum Gasteiger partial charge on any atom is -0.315 e. The fourth-order valence-electron chi connectivity index (χ4n) is 3.32. The number of anilines is 2. The van der Waals surface area contributed by atoms with E-state index >= 15 is 0 Å². The van der Waals surface area contributed by atoms with Crippen LogP contribution in [-0.4, -0.2) is 34.2 Å². The number of hydrogen-bond acceptors (Lipinski definition) is 6. The van der Waals surface area contributed by atoms with E-state index in [1.54, 1.807) is 11.3 Å².